The molecule has 1 aromatic heterocycles. The fraction of sp³-hybridized carbons (Fsp3) is 0.238. The van der Waals surface area contributed by atoms with Crippen LogP contribution in [0.1, 0.15) is 19.4 Å². The third-order valence-electron chi connectivity index (χ3n) is 4.32. The number of aromatic nitrogens is 3. The second-order valence-electron chi connectivity index (χ2n) is 6.31. The van der Waals surface area contributed by atoms with Crippen LogP contribution in [-0.2, 0) is 11.3 Å². The van der Waals surface area contributed by atoms with Crippen molar-refractivity contribution < 1.29 is 13.9 Å². The number of benzene rings is 2. The molecule has 0 saturated heterocycles. The molecule has 156 valence electrons. The molecule has 0 bridgehead atoms. The molecule has 2 aromatic carbocycles. The summed E-state index contributed by atoms with van der Waals surface area (Å²) in [5.74, 6) is 1.05. The molecule has 0 radical (unpaired) electrons. The molecule has 7 nitrogen and oxygen atoms in total. The molecule has 0 saturated carbocycles. The van der Waals surface area contributed by atoms with E-state index in [0.29, 0.717) is 17.4 Å². The third kappa shape index (κ3) is 5.24. The fourth-order valence-corrected chi connectivity index (χ4v) is 3.49. The van der Waals surface area contributed by atoms with E-state index in [1.165, 1.54) is 23.9 Å². The van der Waals surface area contributed by atoms with Crippen LogP contribution >= 0.6 is 11.8 Å². The van der Waals surface area contributed by atoms with Crippen LogP contribution in [0.3, 0.4) is 0 Å². The smallest absolute Gasteiger partial charge is 0.250 e. The summed E-state index contributed by atoms with van der Waals surface area (Å²) in [7, 11) is 1.62. The van der Waals surface area contributed by atoms with E-state index in [2.05, 4.69) is 20.7 Å². The Morgan fingerprint density at radius 1 is 1.17 bits per heavy atom. The lowest BCUT2D eigenvalue weighted by Crippen LogP contribution is -2.21. The van der Waals surface area contributed by atoms with Gasteiger partial charge in [-0.3, -0.25) is 4.79 Å². The number of hydrogen-bond donors (Lipinski definition) is 1. The predicted octanol–water partition coefficient (Wildman–Crippen LogP) is 3.75. The number of thioether (sulfide) groups is 1. The number of carbonyl (C=O) groups excluding carboxylic acids is 1. The molecule has 0 aliphatic rings. The number of amides is 1. The normalized spacial score (nSPS) is 11.4. The van der Waals surface area contributed by atoms with Gasteiger partial charge in [-0.2, -0.15) is 5.10 Å². The Balaban J connectivity index is 1.62. The predicted molar refractivity (Wildman–Crippen MR) is 115 cm³/mol. The quantitative estimate of drug-likeness (QED) is 0.336. The van der Waals surface area contributed by atoms with E-state index in [4.69, 9.17) is 4.74 Å². The van der Waals surface area contributed by atoms with Crippen LogP contribution in [0, 0.1) is 5.82 Å². The molecule has 0 aliphatic heterocycles. The maximum atomic E-state index is 13.0. The second kappa shape index (κ2) is 10.0. The SMILES string of the molecule is CCn1c(SCC(=O)N/N=C(\C)c2ccc(F)cc2)nnc1-c1ccc(OC)cc1. The van der Waals surface area contributed by atoms with Crippen LogP contribution in [0.4, 0.5) is 4.39 Å². The molecule has 1 N–H and O–H groups in total. The first kappa shape index (κ1) is 21.5. The Morgan fingerprint density at radius 2 is 1.87 bits per heavy atom. The summed E-state index contributed by atoms with van der Waals surface area (Å²) in [5, 5.41) is 13.2. The lowest BCUT2D eigenvalue weighted by molar-refractivity contribution is -0.118. The highest BCUT2D eigenvalue weighted by molar-refractivity contribution is 7.99. The number of rotatable bonds is 8. The van der Waals surface area contributed by atoms with Crippen LogP contribution in [0.5, 0.6) is 5.75 Å². The van der Waals surface area contributed by atoms with Gasteiger partial charge in [0.25, 0.3) is 5.91 Å². The largest absolute Gasteiger partial charge is 0.497 e. The maximum Gasteiger partial charge on any atom is 0.250 e. The zero-order valence-corrected chi connectivity index (χ0v) is 17.7. The Labute approximate surface area is 178 Å². The Hall–Kier alpha value is -3.20. The number of hydrazone groups is 1. The van der Waals surface area contributed by atoms with Crippen LogP contribution in [0.25, 0.3) is 11.4 Å². The number of nitrogens with one attached hydrogen (secondary N) is 1. The Kier molecular flexibility index (Phi) is 7.18. The van der Waals surface area contributed by atoms with Crippen molar-refractivity contribution in [2.24, 2.45) is 5.10 Å². The van der Waals surface area contributed by atoms with Gasteiger partial charge in [-0.05, 0) is 55.8 Å². The van der Waals surface area contributed by atoms with Gasteiger partial charge in [-0.25, -0.2) is 9.82 Å². The monoisotopic (exact) mass is 427 g/mol. The molecule has 9 heteroatoms. The second-order valence-corrected chi connectivity index (χ2v) is 7.25. The number of hydrogen-bond acceptors (Lipinski definition) is 6. The van der Waals surface area contributed by atoms with Gasteiger partial charge in [-0.15, -0.1) is 10.2 Å². The van der Waals surface area contributed by atoms with Gasteiger partial charge in [0, 0.05) is 12.1 Å². The Bertz CT molecular complexity index is 1030. The number of halogens is 1. The molecule has 3 aromatic rings. The van der Waals surface area contributed by atoms with Crippen molar-refractivity contribution in [3.05, 3.63) is 59.9 Å². The van der Waals surface area contributed by atoms with E-state index in [1.54, 1.807) is 26.2 Å². The van der Waals surface area contributed by atoms with Gasteiger partial charge < -0.3 is 9.30 Å². The summed E-state index contributed by atoms with van der Waals surface area (Å²) in [6, 6.07) is 13.5. The summed E-state index contributed by atoms with van der Waals surface area (Å²) in [5.41, 5.74) is 4.76. The van der Waals surface area contributed by atoms with E-state index >= 15 is 0 Å². The standard InChI is InChI=1S/C21H22FN5O2S/c1-4-27-20(16-7-11-18(29-3)12-8-16)25-26-21(27)30-13-19(28)24-23-14(2)15-5-9-17(22)10-6-15/h5-12H,4,13H2,1-3H3,(H,24,28)/b23-14+. The van der Waals surface area contributed by atoms with E-state index < -0.39 is 0 Å². The van der Waals surface area contributed by atoms with Crippen molar-refractivity contribution in [2.45, 2.75) is 25.5 Å². The molecule has 1 heterocycles. The Morgan fingerprint density at radius 3 is 2.50 bits per heavy atom. The average Bonchev–Trinajstić information content (AvgIpc) is 3.19. The van der Waals surface area contributed by atoms with Crippen molar-refractivity contribution in [3.63, 3.8) is 0 Å². The first-order valence-corrected chi connectivity index (χ1v) is 10.3. The number of methoxy groups -OCH3 is 1. The van der Waals surface area contributed by atoms with Gasteiger partial charge in [0.1, 0.15) is 11.6 Å². The van der Waals surface area contributed by atoms with Crippen LogP contribution < -0.4 is 10.2 Å². The highest BCUT2D eigenvalue weighted by Crippen LogP contribution is 2.25. The first-order valence-electron chi connectivity index (χ1n) is 9.31. The molecule has 3 rings (SSSR count). The summed E-state index contributed by atoms with van der Waals surface area (Å²) < 4.78 is 20.1. The zero-order chi connectivity index (χ0) is 21.5. The number of nitrogens with zero attached hydrogens (tertiary/aromatic N) is 4. The molecular formula is C21H22FN5O2S. The van der Waals surface area contributed by atoms with Gasteiger partial charge in [0.15, 0.2) is 11.0 Å². The molecule has 0 unspecified atom stereocenters. The number of ether oxygens (including phenoxy) is 1. The first-order chi connectivity index (χ1) is 14.5. The van der Waals surface area contributed by atoms with Gasteiger partial charge in [0.2, 0.25) is 0 Å². The van der Waals surface area contributed by atoms with E-state index in [0.717, 1.165) is 22.7 Å². The molecule has 0 aliphatic carbocycles. The average molecular weight is 428 g/mol. The van der Waals surface area contributed by atoms with E-state index in [-0.39, 0.29) is 17.5 Å². The molecular weight excluding hydrogens is 405 g/mol. The minimum Gasteiger partial charge on any atom is -0.497 e. The van der Waals surface area contributed by atoms with Crippen molar-refractivity contribution in [1.29, 1.82) is 0 Å². The molecule has 0 fully saturated rings. The van der Waals surface area contributed by atoms with Gasteiger partial charge in [-0.1, -0.05) is 23.9 Å². The van der Waals surface area contributed by atoms with Crippen LogP contribution in [0.15, 0.2) is 58.8 Å². The third-order valence-corrected chi connectivity index (χ3v) is 5.29. The van der Waals surface area contributed by atoms with Crippen molar-refractivity contribution in [3.8, 4) is 17.1 Å². The summed E-state index contributed by atoms with van der Waals surface area (Å²) in [4.78, 5) is 12.2. The molecule has 0 atom stereocenters. The molecule has 0 spiro atoms. The van der Waals surface area contributed by atoms with Crippen molar-refractivity contribution in [2.75, 3.05) is 12.9 Å². The maximum absolute atomic E-state index is 13.0. The van der Waals surface area contributed by atoms with Crippen molar-refractivity contribution >= 4 is 23.4 Å². The molecule has 30 heavy (non-hydrogen) atoms. The number of carbonyl (C=O) groups is 1. The highest BCUT2D eigenvalue weighted by atomic mass is 32.2. The minimum absolute atomic E-state index is 0.140. The topological polar surface area (TPSA) is 81.4 Å². The highest BCUT2D eigenvalue weighted by Gasteiger charge is 2.14. The van der Waals surface area contributed by atoms with Crippen LogP contribution in [0.2, 0.25) is 0 Å². The van der Waals surface area contributed by atoms with Gasteiger partial charge >= 0.3 is 0 Å². The lowest BCUT2D eigenvalue weighted by atomic mass is 10.1. The zero-order valence-electron chi connectivity index (χ0n) is 16.9. The summed E-state index contributed by atoms with van der Waals surface area (Å²) >= 11 is 1.29. The summed E-state index contributed by atoms with van der Waals surface area (Å²) in [6.45, 7) is 4.41. The lowest BCUT2D eigenvalue weighted by Gasteiger charge is -2.08. The summed E-state index contributed by atoms with van der Waals surface area (Å²) in [6.07, 6.45) is 0. The van der Waals surface area contributed by atoms with Gasteiger partial charge in [0.05, 0.1) is 18.6 Å². The van der Waals surface area contributed by atoms with Crippen molar-refractivity contribution in [1.82, 2.24) is 20.2 Å². The fourth-order valence-electron chi connectivity index (χ4n) is 2.70. The van der Waals surface area contributed by atoms with E-state index in [9.17, 15) is 9.18 Å². The molecule has 1 amide bonds. The van der Waals surface area contributed by atoms with E-state index in [1.807, 2.05) is 35.8 Å². The minimum atomic E-state index is -0.318. The van der Waals surface area contributed by atoms with Crippen LogP contribution in [-0.4, -0.2) is 39.2 Å².